The molecule has 0 aromatic carbocycles. The van der Waals surface area contributed by atoms with Crippen molar-refractivity contribution in [3.05, 3.63) is 10.1 Å². The van der Waals surface area contributed by atoms with Crippen LogP contribution in [0.15, 0.2) is 0 Å². The maximum absolute atomic E-state index is 11.6. The first-order chi connectivity index (χ1) is 8.61. The lowest BCUT2D eigenvalue weighted by Gasteiger charge is -2.57. The lowest BCUT2D eigenvalue weighted by Crippen LogP contribution is -2.57. The maximum atomic E-state index is 11.6. The third-order valence-corrected chi connectivity index (χ3v) is 8.36. The summed E-state index contributed by atoms with van der Waals surface area (Å²) < 4.78 is -0.903. The van der Waals surface area contributed by atoms with Gasteiger partial charge in [-0.25, -0.2) is 0 Å². The number of rotatable bonds is 1. The van der Waals surface area contributed by atoms with Gasteiger partial charge >= 0.3 is 0 Å². The number of alkyl halides is 1. The summed E-state index contributed by atoms with van der Waals surface area (Å²) in [6.45, 7) is 9.19. The molecule has 108 valence electrons. The molecule has 3 aliphatic rings. The van der Waals surface area contributed by atoms with Gasteiger partial charge in [-0.05, 0) is 41.4 Å². The van der Waals surface area contributed by atoms with E-state index >= 15 is 0 Å². The van der Waals surface area contributed by atoms with E-state index < -0.39 is 4.45 Å². The molecule has 3 nitrogen and oxygen atoms in total. The summed E-state index contributed by atoms with van der Waals surface area (Å²) >= 11 is 3.53. The minimum atomic E-state index is -0.903. The third-order valence-electron chi connectivity index (χ3n) is 7.07. The Balaban J connectivity index is 2.07. The van der Waals surface area contributed by atoms with Gasteiger partial charge in [0.25, 0.3) is 4.45 Å². The van der Waals surface area contributed by atoms with Crippen molar-refractivity contribution in [2.24, 2.45) is 28.1 Å². The topological polar surface area (TPSA) is 43.1 Å². The van der Waals surface area contributed by atoms with Gasteiger partial charge in [0.1, 0.15) is 0 Å². The minimum Gasteiger partial charge on any atom is -0.263 e. The number of nitrogens with zero attached hydrogens (tertiary/aromatic N) is 1. The van der Waals surface area contributed by atoms with Crippen molar-refractivity contribution in [2.75, 3.05) is 0 Å². The lowest BCUT2D eigenvalue weighted by molar-refractivity contribution is -0.555. The van der Waals surface area contributed by atoms with Gasteiger partial charge in [-0.3, -0.25) is 10.1 Å². The monoisotopic (exact) mass is 329 g/mol. The molecule has 0 unspecified atom stereocenters. The molecule has 19 heavy (non-hydrogen) atoms. The Kier molecular flexibility index (Phi) is 2.59. The van der Waals surface area contributed by atoms with Gasteiger partial charge in [0.05, 0.1) is 0 Å². The van der Waals surface area contributed by atoms with E-state index in [1.54, 1.807) is 0 Å². The Bertz CT molecular complexity index is 451. The predicted molar refractivity (Wildman–Crippen MR) is 78.7 cm³/mol. The van der Waals surface area contributed by atoms with E-state index in [0.29, 0.717) is 23.2 Å². The van der Waals surface area contributed by atoms with Crippen molar-refractivity contribution in [1.29, 1.82) is 0 Å². The number of halogens is 1. The van der Waals surface area contributed by atoms with Crippen LogP contribution in [-0.2, 0) is 0 Å². The number of hydrogen-bond donors (Lipinski definition) is 0. The molecule has 5 atom stereocenters. The van der Waals surface area contributed by atoms with Crippen molar-refractivity contribution >= 4 is 15.9 Å². The fraction of sp³-hybridized carbons (Fsp3) is 1.00. The van der Waals surface area contributed by atoms with E-state index in [9.17, 15) is 10.1 Å². The highest BCUT2D eigenvalue weighted by atomic mass is 79.9. The third kappa shape index (κ3) is 1.39. The van der Waals surface area contributed by atoms with Gasteiger partial charge in [0, 0.05) is 33.2 Å². The standard InChI is InChI=1S/C15H24BrNO2/c1-10-11-8-14(11)12(2,3)6-5-7-13(14,4)9-15(10,16)17(18)19/h10-11H,5-9H2,1-4H3/t10-,11-,13-,14-,15-/m0/s1. The van der Waals surface area contributed by atoms with Crippen LogP contribution in [0, 0.1) is 38.2 Å². The summed E-state index contributed by atoms with van der Waals surface area (Å²) in [7, 11) is 0. The van der Waals surface area contributed by atoms with E-state index in [4.69, 9.17) is 0 Å². The zero-order valence-corrected chi connectivity index (χ0v) is 13.9. The molecule has 0 amide bonds. The molecule has 0 aliphatic heterocycles. The molecule has 3 saturated carbocycles. The average Bonchev–Trinajstić information content (AvgIpc) is 3.01. The van der Waals surface area contributed by atoms with Gasteiger partial charge in [-0.1, -0.05) is 34.1 Å². The first-order valence-corrected chi connectivity index (χ1v) is 8.23. The van der Waals surface area contributed by atoms with Gasteiger partial charge in [0.2, 0.25) is 0 Å². The van der Waals surface area contributed by atoms with E-state index in [1.165, 1.54) is 19.3 Å². The molecule has 0 bridgehead atoms. The molecule has 3 aliphatic carbocycles. The maximum Gasteiger partial charge on any atom is 0.277 e. The zero-order chi connectivity index (χ0) is 14.3. The quantitative estimate of drug-likeness (QED) is 0.305. The van der Waals surface area contributed by atoms with Crippen LogP contribution in [0.2, 0.25) is 0 Å². The van der Waals surface area contributed by atoms with Crippen LogP contribution in [0.4, 0.5) is 0 Å². The molecule has 0 N–H and O–H groups in total. The van der Waals surface area contributed by atoms with Crippen LogP contribution < -0.4 is 0 Å². The molecule has 0 aromatic rings. The summed E-state index contributed by atoms with van der Waals surface area (Å²) in [5.74, 6) is 0.652. The average molecular weight is 330 g/mol. The van der Waals surface area contributed by atoms with Gasteiger partial charge in [-0.15, -0.1) is 0 Å². The fourth-order valence-corrected chi connectivity index (χ4v) is 6.98. The van der Waals surface area contributed by atoms with Crippen LogP contribution >= 0.6 is 15.9 Å². The van der Waals surface area contributed by atoms with Crippen molar-refractivity contribution in [3.8, 4) is 0 Å². The molecule has 1 spiro atoms. The normalized spacial score (nSPS) is 55.0. The molecule has 3 fully saturated rings. The molecule has 0 heterocycles. The van der Waals surface area contributed by atoms with Gasteiger partial charge < -0.3 is 0 Å². The van der Waals surface area contributed by atoms with Crippen LogP contribution in [0.1, 0.15) is 59.8 Å². The molecular formula is C15H24BrNO2. The fourth-order valence-electron chi connectivity index (χ4n) is 6.04. The van der Waals surface area contributed by atoms with Crippen molar-refractivity contribution in [3.63, 3.8) is 0 Å². The van der Waals surface area contributed by atoms with Crippen molar-refractivity contribution in [2.45, 2.75) is 64.2 Å². The highest BCUT2D eigenvalue weighted by Crippen LogP contribution is 2.83. The Labute approximate surface area is 123 Å². The Morgan fingerprint density at radius 1 is 1.26 bits per heavy atom. The summed E-state index contributed by atoms with van der Waals surface area (Å²) in [5, 5.41) is 11.6. The molecular weight excluding hydrogens is 306 g/mol. The number of hydrogen-bond acceptors (Lipinski definition) is 2. The smallest absolute Gasteiger partial charge is 0.263 e. The Hall–Kier alpha value is -0.120. The number of nitro groups is 1. The summed E-state index contributed by atoms with van der Waals surface area (Å²) in [6.07, 6.45) is 5.53. The minimum absolute atomic E-state index is 0.0627. The van der Waals surface area contributed by atoms with Crippen LogP contribution in [0.5, 0.6) is 0 Å². The van der Waals surface area contributed by atoms with Gasteiger partial charge in [-0.2, -0.15) is 0 Å². The second-order valence-electron chi connectivity index (χ2n) is 8.12. The predicted octanol–water partition coefficient (Wildman–Crippen LogP) is 4.62. The zero-order valence-electron chi connectivity index (χ0n) is 12.3. The second kappa shape index (κ2) is 3.55. The Morgan fingerprint density at radius 3 is 2.47 bits per heavy atom. The lowest BCUT2D eigenvalue weighted by atomic mass is 9.48. The molecule has 0 saturated heterocycles. The Morgan fingerprint density at radius 2 is 1.89 bits per heavy atom. The molecule has 0 radical (unpaired) electrons. The van der Waals surface area contributed by atoms with E-state index in [2.05, 4.69) is 43.6 Å². The first-order valence-electron chi connectivity index (χ1n) is 7.44. The van der Waals surface area contributed by atoms with Crippen molar-refractivity contribution < 1.29 is 4.92 Å². The summed E-state index contributed by atoms with van der Waals surface area (Å²) in [6, 6.07) is 0. The van der Waals surface area contributed by atoms with Gasteiger partial charge in [0.15, 0.2) is 0 Å². The van der Waals surface area contributed by atoms with E-state index in [-0.39, 0.29) is 16.3 Å². The highest BCUT2D eigenvalue weighted by Gasteiger charge is 2.80. The first kappa shape index (κ1) is 13.8. The van der Waals surface area contributed by atoms with Crippen LogP contribution in [0.3, 0.4) is 0 Å². The molecule has 0 aromatic heterocycles. The van der Waals surface area contributed by atoms with Crippen LogP contribution in [0.25, 0.3) is 0 Å². The largest absolute Gasteiger partial charge is 0.277 e. The van der Waals surface area contributed by atoms with E-state index in [1.807, 2.05) is 0 Å². The highest BCUT2D eigenvalue weighted by molar-refractivity contribution is 9.10. The van der Waals surface area contributed by atoms with Crippen molar-refractivity contribution in [1.82, 2.24) is 0 Å². The molecule has 4 heteroatoms. The molecule has 3 rings (SSSR count). The SMILES string of the molecule is C[C@H]1[C@@H]2C[C@@]23C(C)(C)CCC[C@@]3(C)C[C@]1(Br)[N+](=O)[O-]. The van der Waals surface area contributed by atoms with Crippen LogP contribution in [-0.4, -0.2) is 9.37 Å². The second-order valence-corrected chi connectivity index (χ2v) is 9.49. The van der Waals surface area contributed by atoms with E-state index in [0.717, 1.165) is 6.42 Å². The summed E-state index contributed by atoms with van der Waals surface area (Å²) in [4.78, 5) is 11.5. The summed E-state index contributed by atoms with van der Waals surface area (Å²) in [5.41, 5.74) is 0.817.